The maximum Gasteiger partial charge on any atom is 0.121 e. The number of hydrogen-bond donors (Lipinski definition) is 1. The van der Waals surface area contributed by atoms with E-state index in [2.05, 4.69) is 4.98 Å². The first-order valence-electron chi connectivity index (χ1n) is 4.79. The van der Waals surface area contributed by atoms with Gasteiger partial charge in [-0.1, -0.05) is 6.07 Å². The summed E-state index contributed by atoms with van der Waals surface area (Å²) in [5.74, 6) is 0.801. The van der Waals surface area contributed by atoms with Gasteiger partial charge in [0.25, 0.3) is 0 Å². The number of aromatic nitrogens is 2. The molecule has 0 spiro atoms. The minimum absolute atomic E-state index is 0.611. The topological polar surface area (TPSA) is 53.1 Å². The van der Waals surface area contributed by atoms with Crippen LogP contribution in [-0.4, -0.2) is 16.2 Å². The Balaban J connectivity index is 1.83. The van der Waals surface area contributed by atoms with Gasteiger partial charge in [-0.15, -0.1) is 0 Å². The Morgan fingerprint density at radius 3 is 3.07 bits per heavy atom. The summed E-state index contributed by atoms with van der Waals surface area (Å²) < 4.78 is 7.50. The summed E-state index contributed by atoms with van der Waals surface area (Å²) in [5.41, 5.74) is 6.35. The maximum absolute atomic E-state index is 5.63. The van der Waals surface area contributed by atoms with Gasteiger partial charge < -0.3 is 15.0 Å². The zero-order valence-electron chi connectivity index (χ0n) is 8.34. The molecule has 1 aromatic carbocycles. The molecule has 4 heteroatoms. The highest BCUT2D eigenvalue weighted by Gasteiger charge is 1.94. The summed E-state index contributed by atoms with van der Waals surface area (Å²) in [5, 5.41) is 0. The molecular formula is C11H13N3O. The SMILES string of the molecule is Nc1cccc(OCCn2ccnc2)c1. The monoisotopic (exact) mass is 203 g/mol. The lowest BCUT2D eigenvalue weighted by Gasteiger charge is -2.06. The average Bonchev–Trinajstić information content (AvgIpc) is 2.71. The van der Waals surface area contributed by atoms with Crippen LogP contribution in [0.25, 0.3) is 0 Å². The van der Waals surface area contributed by atoms with Gasteiger partial charge in [-0.25, -0.2) is 4.98 Å². The van der Waals surface area contributed by atoms with Crippen LogP contribution < -0.4 is 10.5 Å². The molecule has 0 saturated heterocycles. The quantitative estimate of drug-likeness (QED) is 0.767. The fourth-order valence-electron chi connectivity index (χ4n) is 1.29. The minimum Gasteiger partial charge on any atom is -0.492 e. The first kappa shape index (κ1) is 9.58. The molecule has 0 atom stereocenters. The number of benzene rings is 1. The highest BCUT2D eigenvalue weighted by Crippen LogP contribution is 2.14. The Hall–Kier alpha value is -1.97. The van der Waals surface area contributed by atoms with Crippen LogP contribution in [0.15, 0.2) is 43.0 Å². The third-order valence-electron chi connectivity index (χ3n) is 2.04. The van der Waals surface area contributed by atoms with E-state index in [0.717, 1.165) is 18.0 Å². The van der Waals surface area contributed by atoms with Gasteiger partial charge in [0.2, 0.25) is 0 Å². The smallest absolute Gasteiger partial charge is 0.121 e. The lowest BCUT2D eigenvalue weighted by atomic mass is 10.3. The molecule has 0 unspecified atom stereocenters. The van der Waals surface area contributed by atoms with Crippen molar-refractivity contribution >= 4 is 5.69 Å². The van der Waals surface area contributed by atoms with E-state index in [1.165, 1.54) is 0 Å². The number of hydrogen-bond acceptors (Lipinski definition) is 3. The summed E-state index contributed by atoms with van der Waals surface area (Å²) in [6.07, 6.45) is 5.42. The molecule has 1 aromatic heterocycles. The Labute approximate surface area is 88.3 Å². The number of anilines is 1. The first-order chi connectivity index (χ1) is 7.34. The summed E-state index contributed by atoms with van der Waals surface area (Å²) in [6, 6.07) is 7.42. The zero-order chi connectivity index (χ0) is 10.5. The van der Waals surface area contributed by atoms with Crippen LogP contribution >= 0.6 is 0 Å². The van der Waals surface area contributed by atoms with Crippen LogP contribution in [0.1, 0.15) is 0 Å². The Kier molecular flexibility index (Phi) is 2.88. The van der Waals surface area contributed by atoms with E-state index in [9.17, 15) is 0 Å². The largest absolute Gasteiger partial charge is 0.492 e. The predicted molar refractivity (Wildman–Crippen MR) is 58.6 cm³/mol. The van der Waals surface area contributed by atoms with Crippen molar-refractivity contribution in [3.8, 4) is 5.75 Å². The summed E-state index contributed by atoms with van der Waals surface area (Å²) in [4.78, 5) is 3.95. The molecule has 78 valence electrons. The van der Waals surface area contributed by atoms with Gasteiger partial charge in [-0.3, -0.25) is 0 Å². The predicted octanol–water partition coefficient (Wildman–Crippen LogP) is 1.54. The van der Waals surface area contributed by atoms with Gasteiger partial charge in [-0.05, 0) is 12.1 Å². The van der Waals surface area contributed by atoms with Gasteiger partial charge in [0.05, 0.1) is 12.9 Å². The molecule has 0 aliphatic heterocycles. The van der Waals surface area contributed by atoms with Crippen molar-refractivity contribution in [1.82, 2.24) is 9.55 Å². The molecule has 15 heavy (non-hydrogen) atoms. The van der Waals surface area contributed by atoms with Crippen molar-refractivity contribution in [3.63, 3.8) is 0 Å². The molecule has 0 radical (unpaired) electrons. The zero-order valence-corrected chi connectivity index (χ0v) is 8.34. The van der Waals surface area contributed by atoms with E-state index in [1.807, 2.05) is 35.0 Å². The van der Waals surface area contributed by atoms with Gasteiger partial charge in [0, 0.05) is 24.1 Å². The fraction of sp³-hybridized carbons (Fsp3) is 0.182. The Morgan fingerprint density at radius 1 is 1.40 bits per heavy atom. The maximum atomic E-state index is 5.63. The highest BCUT2D eigenvalue weighted by atomic mass is 16.5. The molecular weight excluding hydrogens is 190 g/mol. The summed E-state index contributed by atoms with van der Waals surface area (Å²) >= 11 is 0. The third kappa shape index (κ3) is 2.74. The van der Waals surface area contributed by atoms with Crippen LogP contribution in [0, 0.1) is 0 Å². The van der Waals surface area contributed by atoms with E-state index >= 15 is 0 Å². The second kappa shape index (κ2) is 4.50. The molecule has 0 aliphatic rings. The van der Waals surface area contributed by atoms with Crippen LogP contribution in [0.3, 0.4) is 0 Å². The molecule has 0 saturated carbocycles. The van der Waals surface area contributed by atoms with Crippen molar-refractivity contribution in [3.05, 3.63) is 43.0 Å². The number of imidazole rings is 1. The number of rotatable bonds is 4. The summed E-state index contributed by atoms with van der Waals surface area (Å²) in [6.45, 7) is 1.40. The lowest BCUT2D eigenvalue weighted by molar-refractivity contribution is 0.298. The molecule has 2 rings (SSSR count). The van der Waals surface area contributed by atoms with Gasteiger partial charge >= 0.3 is 0 Å². The van der Waals surface area contributed by atoms with Crippen molar-refractivity contribution in [2.45, 2.75) is 6.54 Å². The second-order valence-corrected chi connectivity index (χ2v) is 3.22. The average molecular weight is 203 g/mol. The molecule has 0 aliphatic carbocycles. The van der Waals surface area contributed by atoms with Crippen molar-refractivity contribution < 1.29 is 4.74 Å². The lowest BCUT2D eigenvalue weighted by Crippen LogP contribution is -2.06. The van der Waals surface area contributed by atoms with E-state index < -0.39 is 0 Å². The minimum atomic E-state index is 0.611. The fourth-order valence-corrected chi connectivity index (χ4v) is 1.29. The van der Waals surface area contributed by atoms with Gasteiger partial charge in [0.1, 0.15) is 12.4 Å². The highest BCUT2D eigenvalue weighted by molar-refractivity contribution is 5.43. The number of nitrogens with zero attached hydrogens (tertiary/aromatic N) is 2. The second-order valence-electron chi connectivity index (χ2n) is 3.22. The van der Waals surface area contributed by atoms with Crippen LogP contribution in [0.2, 0.25) is 0 Å². The Bertz CT molecular complexity index is 412. The van der Waals surface area contributed by atoms with E-state index in [4.69, 9.17) is 10.5 Å². The Morgan fingerprint density at radius 2 is 2.33 bits per heavy atom. The molecule has 2 N–H and O–H groups in total. The van der Waals surface area contributed by atoms with Gasteiger partial charge in [-0.2, -0.15) is 0 Å². The number of nitrogen functional groups attached to an aromatic ring is 1. The van der Waals surface area contributed by atoms with Crippen LogP contribution in [-0.2, 0) is 6.54 Å². The normalized spacial score (nSPS) is 10.1. The van der Waals surface area contributed by atoms with Crippen molar-refractivity contribution in [2.24, 2.45) is 0 Å². The molecule has 0 bridgehead atoms. The molecule has 4 nitrogen and oxygen atoms in total. The van der Waals surface area contributed by atoms with Crippen molar-refractivity contribution in [1.29, 1.82) is 0 Å². The standard InChI is InChI=1S/C11H13N3O/c12-10-2-1-3-11(8-10)15-7-6-14-5-4-13-9-14/h1-5,8-9H,6-7,12H2. The van der Waals surface area contributed by atoms with Crippen LogP contribution in [0.5, 0.6) is 5.75 Å². The molecule has 2 aromatic rings. The van der Waals surface area contributed by atoms with Crippen LogP contribution in [0.4, 0.5) is 5.69 Å². The number of ether oxygens (including phenoxy) is 1. The van der Waals surface area contributed by atoms with E-state index in [-0.39, 0.29) is 0 Å². The number of nitrogens with two attached hydrogens (primary N) is 1. The summed E-state index contributed by atoms with van der Waals surface area (Å²) in [7, 11) is 0. The molecule has 0 fully saturated rings. The van der Waals surface area contributed by atoms with Crippen molar-refractivity contribution in [2.75, 3.05) is 12.3 Å². The van der Waals surface area contributed by atoms with E-state index in [1.54, 1.807) is 12.5 Å². The molecule has 0 amide bonds. The third-order valence-corrected chi connectivity index (χ3v) is 2.04. The van der Waals surface area contributed by atoms with E-state index in [0.29, 0.717) is 6.61 Å². The molecule has 1 heterocycles. The first-order valence-corrected chi connectivity index (χ1v) is 4.79. The van der Waals surface area contributed by atoms with Gasteiger partial charge in [0.15, 0.2) is 0 Å².